The minimum atomic E-state index is -3.95. The first-order chi connectivity index (χ1) is 9.79. The van der Waals surface area contributed by atoms with Gasteiger partial charge in [-0.15, -0.1) is 11.3 Å². The lowest BCUT2D eigenvalue weighted by Gasteiger charge is -2.06. The van der Waals surface area contributed by atoms with Gasteiger partial charge in [-0.05, 0) is 18.2 Å². The Morgan fingerprint density at radius 1 is 1.24 bits per heavy atom. The van der Waals surface area contributed by atoms with Crippen LogP contribution in [-0.2, 0) is 16.6 Å². The summed E-state index contributed by atoms with van der Waals surface area (Å²) < 4.78 is 51.9. The molecule has 0 spiro atoms. The SMILES string of the molecule is O=C(O)c1ccc(S(=O)(=O)NCc2ccc(F)cc2F)s1. The average molecular weight is 333 g/mol. The number of benzene rings is 1. The number of carbonyl (C=O) groups is 1. The summed E-state index contributed by atoms with van der Waals surface area (Å²) in [5.74, 6) is -2.86. The van der Waals surface area contributed by atoms with Crippen molar-refractivity contribution in [3.63, 3.8) is 0 Å². The first-order valence-corrected chi connectivity index (χ1v) is 7.86. The third kappa shape index (κ3) is 3.63. The standard InChI is InChI=1S/C12H9F2NO4S2/c13-8-2-1-7(9(14)5-8)6-15-21(18,19)11-4-3-10(20-11)12(16)17/h1-5,15H,6H2,(H,16,17). The number of thiophene rings is 1. The van der Waals surface area contributed by atoms with Gasteiger partial charge in [-0.3, -0.25) is 0 Å². The topological polar surface area (TPSA) is 83.5 Å². The molecule has 0 aliphatic carbocycles. The van der Waals surface area contributed by atoms with Crippen molar-refractivity contribution in [2.45, 2.75) is 10.8 Å². The van der Waals surface area contributed by atoms with E-state index in [2.05, 4.69) is 4.72 Å². The second-order valence-corrected chi connectivity index (χ2v) is 7.06. The molecule has 5 nitrogen and oxygen atoms in total. The van der Waals surface area contributed by atoms with Crippen molar-refractivity contribution in [3.8, 4) is 0 Å². The van der Waals surface area contributed by atoms with Crippen LogP contribution in [0, 0.1) is 11.6 Å². The molecule has 1 aromatic carbocycles. The van der Waals surface area contributed by atoms with E-state index in [0.29, 0.717) is 17.4 Å². The normalized spacial score (nSPS) is 11.5. The molecule has 112 valence electrons. The average Bonchev–Trinajstić information content (AvgIpc) is 2.88. The van der Waals surface area contributed by atoms with Crippen LogP contribution < -0.4 is 4.72 Å². The number of hydrogen-bond donors (Lipinski definition) is 2. The Labute approximate surface area is 122 Å². The van der Waals surface area contributed by atoms with Gasteiger partial charge in [0.05, 0.1) is 0 Å². The lowest BCUT2D eigenvalue weighted by atomic mass is 10.2. The van der Waals surface area contributed by atoms with Crippen LogP contribution in [-0.4, -0.2) is 19.5 Å². The van der Waals surface area contributed by atoms with E-state index in [1.54, 1.807) is 0 Å². The molecule has 0 aliphatic rings. The second-order valence-electron chi connectivity index (χ2n) is 3.98. The van der Waals surface area contributed by atoms with E-state index in [0.717, 1.165) is 18.2 Å². The van der Waals surface area contributed by atoms with Gasteiger partial charge in [0, 0.05) is 18.2 Å². The van der Waals surface area contributed by atoms with Crippen molar-refractivity contribution < 1.29 is 27.1 Å². The number of carboxylic acids is 1. The Bertz CT molecular complexity index is 786. The van der Waals surface area contributed by atoms with Gasteiger partial charge in [0.25, 0.3) is 0 Å². The first kappa shape index (κ1) is 15.5. The Kier molecular flexibility index (Phi) is 4.35. The van der Waals surface area contributed by atoms with Crippen molar-refractivity contribution in [1.29, 1.82) is 0 Å². The third-order valence-corrected chi connectivity index (χ3v) is 5.49. The summed E-state index contributed by atoms with van der Waals surface area (Å²) in [6.45, 7) is -0.366. The quantitative estimate of drug-likeness (QED) is 0.879. The van der Waals surface area contributed by atoms with Gasteiger partial charge in [0.15, 0.2) is 0 Å². The molecule has 0 radical (unpaired) electrons. The van der Waals surface area contributed by atoms with E-state index in [9.17, 15) is 22.0 Å². The zero-order chi connectivity index (χ0) is 15.6. The van der Waals surface area contributed by atoms with Crippen molar-refractivity contribution in [3.05, 3.63) is 52.4 Å². The van der Waals surface area contributed by atoms with Crippen molar-refractivity contribution in [1.82, 2.24) is 4.72 Å². The molecule has 0 fully saturated rings. The summed E-state index contributed by atoms with van der Waals surface area (Å²) in [6.07, 6.45) is 0. The number of rotatable bonds is 5. The molecule has 21 heavy (non-hydrogen) atoms. The Morgan fingerprint density at radius 3 is 2.52 bits per heavy atom. The van der Waals surface area contributed by atoms with Gasteiger partial charge in [0.2, 0.25) is 10.0 Å². The predicted octanol–water partition coefficient (Wildman–Crippen LogP) is 2.20. The van der Waals surface area contributed by atoms with Gasteiger partial charge in [-0.1, -0.05) is 6.07 Å². The number of halogens is 2. The number of carboxylic acid groups (broad SMARTS) is 1. The number of nitrogens with one attached hydrogen (secondary N) is 1. The number of sulfonamides is 1. The highest BCUT2D eigenvalue weighted by atomic mass is 32.2. The summed E-state index contributed by atoms with van der Waals surface area (Å²) in [6, 6.07) is 5.11. The minimum absolute atomic E-state index is 0.0185. The second kappa shape index (κ2) is 5.88. The molecule has 1 heterocycles. The maximum Gasteiger partial charge on any atom is 0.345 e. The van der Waals surface area contributed by atoms with Crippen molar-refractivity contribution in [2.75, 3.05) is 0 Å². The lowest BCUT2D eigenvalue weighted by molar-refractivity contribution is 0.0702. The third-order valence-electron chi connectivity index (χ3n) is 2.52. The van der Waals surface area contributed by atoms with Crippen LogP contribution in [0.25, 0.3) is 0 Å². The smallest absolute Gasteiger partial charge is 0.345 e. The molecule has 2 rings (SSSR count). The van der Waals surface area contributed by atoms with E-state index in [1.807, 2.05) is 0 Å². The summed E-state index contributed by atoms with van der Waals surface area (Å²) in [7, 11) is -3.95. The van der Waals surface area contributed by atoms with E-state index in [4.69, 9.17) is 5.11 Å². The zero-order valence-corrected chi connectivity index (χ0v) is 12.0. The maximum absolute atomic E-state index is 13.4. The van der Waals surface area contributed by atoms with Gasteiger partial charge in [0.1, 0.15) is 20.7 Å². The molecule has 0 saturated heterocycles. The van der Waals surface area contributed by atoms with E-state index in [-0.39, 0.29) is 21.2 Å². The Morgan fingerprint density at radius 2 is 1.95 bits per heavy atom. The van der Waals surface area contributed by atoms with E-state index in [1.165, 1.54) is 6.07 Å². The van der Waals surface area contributed by atoms with Crippen LogP contribution in [0.2, 0.25) is 0 Å². The fourth-order valence-corrected chi connectivity index (χ4v) is 3.68. The van der Waals surface area contributed by atoms with Crippen LogP contribution in [0.3, 0.4) is 0 Å². The van der Waals surface area contributed by atoms with Gasteiger partial charge < -0.3 is 5.11 Å². The van der Waals surface area contributed by atoms with Crippen molar-refractivity contribution in [2.24, 2.45) is 0 Å². The number of aromatic carboxylic acids is 1. The molecule has 0 saturated carbocycles. The summed E-state index contributed by atoms with van der Waals surface area (Å²) in [5, 5.41) is 8.74. The maximum atomic E-state index is 13.4. The summed E-state index contributed by atoms with van der Waals surface area (Å²) >= 11 is 0.586. The fraction of sp³-hybridized carbons (Fsp3) is 0.0833. The summed E-state index contributed by atoms with van der Waals surface area (Å²) in [4.78, 5) is 10.6. The molecule has 9 heteroatoms. The highest BCUT2D eigenvalue weighted by Crippen LogP contribution is 2.21. The van der Waals surface area contributed by atoms with E-state index >= 15 is 0 Å². The van der Waals surface area contributed by atoms with Crippen molar-refractivity contribution >= 4 is 27.3 Å². The molecule has 2 aromatic rings. The van der Waals surface area contributed by atoms with Crippen LogP contribution in [0.4, 0.5) is 8.78 Å². The molecule has 1 aromatic heterocycles. The predicted molar refractivity (Wildman–Crippen MR) is 71.7 cm³/mol. The lowest BCUT2D eigenvalue weighted by Crippen LogP contribution is -2.23. The molecule has 0 bridgehead atoms. The van der Waals surface area contributed by atoms with Crippen LogP contribution >= 0.6 is 11.3 Å². The fourth-order valence-electron chi connectivity index (χ4n) is 1.49. The van der Waals surface area contributed by atoms with Crippen LogP contribution in [0.1, 0.15) is 15.2 Å². The van der Waals surface area contributed by atoms with Gasteiger partial charge in [-0.2, -0.15) is 0 Å². The molecule has 2 N–H and O–H groups in total. The molecule has 0 aliphatic heterocycles. The first-order valence-electron chi connectivity index (χ1n) is 5.56. The van der Waals surface area contributed by atoms with E-state index < -0.39 is 27.6 Å². The Hall–Kier alpha value is -1.84. The van der Waals surface area contributed by atoms with Gasteiger partial charge >= 0.3 is 5.97 Å². The molecule has 0 amide bonds. The molecule has 0 atom stereocenters. The molecule has 0 unspecified atom stereocenters. The highest BCUT2D eigenvalue weighted by molar-refractivity contribution is 7.91. The molecular weight excluding hydrogens is 324 g/mol. The largest absolute Gasteiger partial charge is 0.477 e. The monoisotopic (exact) mass is 333 g/mol. The Balaban J connectivity index is 2.15. The minimum Gasteiger partial charge on any atom is -0.477 e. The highest BCUT2D eigenvalue weighted by Gasteiger charge is 2.19. The van der Waals surface area contributed by atoms with Crippen LogP contribution in [0.15, 0.2) is 34.5 Å². The number of hydrogen-bond acceptors (Lipinski definition) is 4. The van der Waals surface area contributed by atoms with Crippen LogP contribution in [0.5, 0.6) is 0 Å². The van der Waals surface area contributed by atoms with Gasteiger partial charge in [-0.25, -0.2) is 26.7 Å². The summed E-state index contributed by atoms with van der Waals surface area (Å²) in [5.41, 5.74) is -0.0185. The zero-order valence-electron chi connectivity index (χ0n) is 10.3. The molecular formula is C12H9F2NO4S2.